The number of nitrogen functional groups attached to an aromatic ring is 1. The molecule has 0 amide bonds. The van der Waals surface area contributed by atoms with Gasteiger partial charge in [0.25, 0.3) is 0 Å². The number of aryl methyl sites for hydroxylation is 2. The summed E-state index contributed by atoms with van der Waals surface area (Å²) in [5, 5.41) is 4.13. The third-order valence-corrected chi connectivity index (χ3v) is 2.77. The minimum Gasteiger partial charge on any atom is -0.384 e. The molecule has 7 heteroatoms. The van der Waals surface area contributed by atoms with E-state index in [9.17, 15) is 0 Å². The first kappa shape index (κ1) is 11.4. The topological polar surface area (TPSA) is 87.4 Å². The lowest BCUT2D eigenvalue weighted by molar-refractivity contribution is 0.768. The summed E-state index contributed by atoms with van der Waals surface area (Å²) in [4.78, 5) is 12.9. The summed E-state index contributed by atoms with van der Waals surface area (Å²) >= 11 is 0. The molecule has 0 aliphatic heterocycles. The van der Waals surface area contributed by atoms with Crippen LogP contribution in [0.4, 0.5) is 5.82 Å². The van der Waals surface area contributed by atoms with Gasteiger partial charge in [-0.1, -0.05) is 0 Å². The molecule has 0 bridgehead atoms. The van der Waals surface area contributed by atoms with Crippen LogP contribution in [0, 0.1) is 0 Å². The van der Waals surface area contributed by atoms with Gasteiger partial charge in [-0.05, 0) is 0 Å². The van der Waals surface area contributed by atoms with Gasteiger partial charge < -0.3 is 10.3 Å². The summed E-state index contributed by atoms with van der Waals surface area (Å²) in [6.45, 7) is 0. The monoisotopic (exact) mass is 255 g/mol. The van der Waals surface area contributed by atoms with E-state index in [0.29, 0.717) is 17.5 Å². The van der Waals surface area contributed by atoms with Crippen LogP contribution in [-0.4, -0.2) is 29.3 Å². The fourth-order valence-electron chi connectivity index (χ4n) is 1.85. The highest BCUT2D eigenvalue weighted by Crippen LogP contribution is 2.21. The van der Waals surface area contributed by atoms with Crippen molar-refractivity contribution in [3.8, 4) is 22.9 Å². The number of anilines is 1. The van der Waals surface area contributed by atoms with Gasteiger partial charge in [0.05, 0.1) is 11.9 Å². The summed E-state index contributed by atoms with van der Waals surface area (Å²) in [5.74, 6) is 1.59. The van der Waals surface area contributed by atoms with Gasteiger partial charge in [-0.3, -0.25) is 4.68 Å². The molecule has 3 aromatic rings. The Morgan fingerprint density at radius 3 is 2.68 bits per heavy atom. The van der Waals surface area contributed by atoms with Crippen LogP contribution in [-0.2, 0) is 14.1 Å². The van der Waals surface area contributed by atoms with Crippen molar-refractivity contribution in [1.29, 1.82) is 0 Å². The highest BCUT2D eigenvalue weighted by molar-refractivity contribution is 5.63. The molecule has 0 radical (unpaired) electrons. The van der Waals surface area contributed by atoms with Crippen LogP contribution in [0.15, 0.2) is 30.9 Å². The van der Waals surface area contributed by atoms with E-state index in [2.05, 4.69) is 20.1 Å². The van der Waals surface area contributed by atoms with E-state index in [1.807, 2.05) is 31.1 Å². The van der Waals surface area contributed by atoms with Gasteiger partial charge in [0.1, 0.15) is 5.82 Å². The Hall–Kier alpha value is -2.70. The summed E-state index contributed by atoms with van der Waals surface area (Å²) in [7, 11) is 3.74. The third-order valence-electron chi connectivity index (χ3n) is 2.77. The van der Waals surface area contributed by atoms with Gasteiger partial charge in [-0.2, -0.15) is 5.10 Å². The van der Waals surface area contributed by atoms with Crippen molar-refractivity contribution in [2.45, 2.75) is 0 Å². The molecule has 3 rings (SSSR count). The summed E-state index contributed by atoms with van der Waals surface area (Å²) in [5.41, 5.74) is 7.47. The second-order valence-electron chi connectivity index (χ2n) is 4.27. The number of imidazole rings is 1. The molecule has 96 valence electrons. The lowest BCUT2D eigenvalue weighted by Crippen LogP contribution is -2.01. The smallest absolute Gasteiger partial charge is 0.198 e. The molecule has 0 saturated carbocycles. The molecule has 0 saturated heterocycles. The largest absolute Gasteiger partial charge is 0.384 e. The Morgan fingerprint density at radius 1 is 1.21 bits per heavy atom. The summed E-state index contributed by atoms with van der Waals surface area (Å²) in [6.07, 6.45) is 7.16. The van der Waals surface area contributed by atoms with Crippen molar-refractivity contribution in [1.82, 2.24) is 29.3 Å². The van der Waals surface area contributed by atoms with Crippen LogP contribution in [0.1, 0.15) is 0 Å². The average molecular weight is 255 g/mol. The number of nitrogens with two attached hydrogens (primary N) is 1. The highest BCUT2D eigenvalue weighted by atomic mass is 15.2. The van der Waals surface area contributed by atoms with E-state index in [-0.39, 0.29) is 0 Å². The molecule has 0 fully saturated rings. The zero-order valence-electron chi connectivity index (χ0n) is 10.6. The SMILES string of the molecule is Cn1cc(-c2cc(N)nc(-c3nccn3C)n2)cn1. The highest BCUT2D eigenvalue weighted by Gasteiger charge is 2.11. The van der Waals surface area contributed by atoms with Gasteiger partial charge in [-0.15, -0.1) is 0 Å². The molecule has 3 heterocycles. The second-order valence-corrected chi connectivity index (χ2v) is 4.27. The first-order valence-electron chi connectivity index (χ1n) is 5.75. The third kappa shape index (κ3) is 2.05. The molecule has 0 spiro atoms. The number of aromatic nitrogens is 6. The number of rotatable bonds is 2. The molecule has 0 aromatic carbocycles. The minimum absolute atomic E-state index is 0.409. The van der Waals surface area contributed by atoms with E-state index in [0.717, 1.165) is 11.3 Å². The number of nitrogens with zero attached hydrogens (tertiary/aromatic N) is 6. The number of hydrogen-bond donors (Lipinski definition) is 1. The van der Waals surface area contributed by atoms with Crippen molar-refractivity contribution >= 4 is 5.82 Å². The summed E-state index contributed by atoms with van der Waals surface area (Å²) in [6, 6.07) is 1.73. The van der Waals surface area contributed by atoms with Gasteiger partial charge in [-0.25, -0.2) is 15.0 Å². The van der Waals surface area contributed by atoms with Crippen molar-refractivity contribution < 1.29 is 0 Å². The quantitative estimate of drug-likeness (QED) is 0.733. The zero-order chi connectivity index (χ0) is 13.4. The maximum absolute atomic E-state index is 5.84. The maximum Gasteiger partial charge on any atom is 0.198 e. The molecule has 0 aliphatic rings. The van der Waals surface area contributed by atoms with Crippen molar-refractivity contribution in [2.75, 3.05) is 5.73 Å². The van der Waals surface area contributed by atoms with Gasteiger partial charge in [0.15, 0.2) is 11.6 Å². The molecule has 3 aromatic heterocycles. The molecular formula is C12H13N7. The standard InChI is InChI=1S/C12H13N7/c1-18-4-3-14-12(18)11-16-9(5-10(13)17-11)8-6-15-19(2)7-8/h3-7H,1-2H3,(H2,13,16,17). The molecule has 19 heavy (non-hydrogen) atoms. The van der Waals surface area contributed by atoms with Crippen LogP contribution in [0.3, 0.4) is 0 Å². The molecule has 0 atom stereocenters. The molecule has 0 aliphatic carbocycles. The Labute approximate surface area is 109 Å². The van der Waals surface area contributed by atoms with Crippen molar-refractivity contribution in [2.24, 2.45) is 14.1 Å². The Balaban J connectivity index is 2.13. The lowest BCUT2D eigenvalue weighted by atomic mass is 10.2. The fourth-order valence-corrected chi connectivity index (χ4v) is 1.85. The maximum atomic E-state index is 5.84. The Kier molecular flexibility index (Phi) is 2.52. The Morgan fingerprint density at radius 2 is 2.05 bits per heavy atom. The lowest BCUT2D eigenvalue weighted by Gasteiger charge is -2.04. The zero-order valence-corrected chi connectivity index (χ0v) is 10.6. The Bertz CT molecular complexity index is 725. The number of hydrogen-bond acceptors (Lipinski definition) is 5. The molecule has 7 nitrogen and oxygen atoms in total. The van der Waals surface area contributed by atoms with Crippen LogP contribution in [0.25, 0.3) is 22.9 Å². The molecule has 2 N–H and O–H groups in total. The average Bonchev–Trinajstić information content (AvgIpc) is 2.97. The van der Waals surface area contributed by atoms with Crippen LogP contribution in [0.5, 0.6) is 0 Å². The predicted molar refractivity (Wildman–Crippen MR) is 70.8 cm³/mol. The van der Waals surface area contributed by atoms with E-state index >= 15 is 0 Å². The predicted octanol–water partition coefficient (Wildman–Crippen LogP) is 0.860. The van der Waals surface area contributed by atoms with Gasteiger partial charge in [0.2, 0.25) is 0 Å². The van der Waals surface area contributed by atoms with E-state index in [1.54, 1.807) is 23.1 Å². The van der Waals surface area contributed by atoms with Crippen molar-refractivity contribution in [3.63, 3.8) is 0 Å². The van der Waals surface area contributed by atoms with E-state index < -0.39 is 0 Å². The fraction of sp³-hybridized carbons (Fsp3) is 0.167. The van der Waals surface area contributed by atoms with Crippen LogP contribution in [0.2, 0.25) is 0 Å². The van der Waals surface area contributed by atoms with Crippen LogP contribution >= 0.6 is 0 Å². The van der Waals surface area contributed by atoms with Gasteiger partial charge >= 0.3 is 0 Å². The first-order chi connectivity index (χ1) is 9.13. The molecular weight excluding hydrogens is 242 g/mol. The summed E-state index contributed by atoms with van der Waals surface area (Å²) < 4.78 is 3.57. The minimum atomic E-state index is 0.409. The van der Waals surface area contributed by atoms with E-state index in [1.165, 1.54) is 0 Å². The normalized spacial score (nSPS) is 10.8. The first-order valence-corrected chi connectivity index (χ1v) is 5.75. The van der Waals surface area contributed by atoms with Gasteiger partial charge in [0, 0.05) is 44.3 Å². The van der Waals surface area contributed by atoms with Crippen molar-refractivity contribution in [3.05, 3.63) is 30.9 Å². The van der Waals surface area contributed by atoms with E-state index in [4.69, 9.17) is 5.73 Å². The second kappa shape index (κ2) is 4.20. The van der Waals surface area contributed by atoms with Crippen LogP contribution < -0.4 is 5.73 Å². The molecule has 0 unspecified atom stereocenters.